The predicted molar refractivity (Wildman–Crippen MR) is 99.3 cm³/mol. The van der Waals surface area contributed by atoms with E-state index in [0.29, 0.717) is 12.3 Å². The number of nitrogens with zero attached hydrogens (tertiary/aromatic N) is 1. The normalized spacial score (nSPS) is 18.9. The van der Waals surface area contributed by atoms with E-state index in [4.69, 9.17) is 9.47 Å². The summed E-state index contributed by atoms with van der Waals surface area (Å²) in [4.78, 5) is 27.9. The Morgan fingerprint density at radius 2 is 1.88 bits per heavy atom. The van der Waals surface area contributed by atoms with Gasteiger partial charge in [-0.3, -0.25) is 0 Å². The number of carbonyl (C=O) groups excluding carboxylic acids is 2. The van der Waals surface area contributed by atoms with Gasteiger partial charge in [-0.05, 0) is 44.0 Å². The fourth-order valence-electron chi connectivity index (χ4n) is 3.44. The fraction of sp³-hybridized carbons (Fsp3) is 0.333. The third kappa shape index (κ3) is 2.94. The van der Waals surface area contributed by atoms with Crippen molar-refractivity contribution in [1.29, 1.82) is 0 Å². The summed E-state index contributed by atoms with van der Waals surface area (Å²) in [5.41, 5.74) is 1.09. The third-order valence-corrected chi connectivity index (χ3v) is 4.64. The van der Waals surface area contributed by atoms with Gasteiger partial charge in [0.1, 0.15) is 0 Å². The average molecular weight is 353 g/mol. The molecule has 26 heavy (non-hydrogen) atoms. The van der Waals surface area contributed by atoms with Crippen LogP contribution in [0, 0.1) is 6.92 Å². The highest BCUT2D eigenvalue weighted by molar-refractivity contribution is 6.11. The van der Waals surface area contributed by atoms with Gasteiger partial charge in [0.25, 0.3) is 0 Å². The van der Waals surface area contributed by atoms with Crippen LogP contribution in [0.2, 0.25) is 0 Å². The first-order valence-corrected chi connectivity index (χ1v) is 8.84. The van der Waals surface area contributed by atoms with Gasteiger partial charge in [-0.25, -0.2) is 9.59 Å². The van der Waals surface area contributed by atoms with E-state index in [0.717, 1.165) is 16.8 Å². The number of aryl methyl sites for hydroxylation is 1. The van der Waals surface area contributed by atoms with Crippen molar-refractivity contribution in [2.24, 2.45) is 0 Å². The van der Waals surface area contributed by atoms with Crippen molar-refractivity contribution in [3.05, 3.63) is 59.7 Å². The van der Waals surface area contributed by atoms with Crippen LogP contribution in [0.15, 0.2) is 48.5 Å². The molecule has 0 aliphatic carbocycles. The number of anilines is 1. The summed E-state index contributed by atoms with van der Waals surface area (Å²) < 4.78 is 10.9. The zero-order valence-electron chi connectivity index (χ0n) is 15.3. The molecule has 5 heteroatoms. The highest BCUT2D eigenvalue weighted by atomic mass is 16.6. The molecule has 1 aliphatic rings. The van der Waals surface area contributed by atoms with Crippen LogP contribution in [-0.4, -0.2) is 30.6 Å². The van der Waals surface area contributed by atoms with Gasteiger partial charge in [0, 0.05) is 13.0 Å². The third-order valence-electron chi connectivity index (χ3n) is 4.64. The number of fused-ring (bicyclic) bond motifs is 1. The van der Waals surface area contributed by atoms with Crippen LogP contribution in [0.3, 0.4) is 0 Å². The molecule has 136 valence electrons. The number of ether oxygens (including phenoxy) is 2. The number of benzene rings is 2. The standard InChI is InChI=1S/C21H23NO4/c1-4-22-17-13-15(3)11-12-18(17)26-20(24)21(22,19(23)25-5-2)14-16-9-7-6-8-10-16/h6-13H,4-5,14H2,1-3H3/t21-/m1/s1. The minimum atomic E-state index is -1.53. The molecule has 0 unspecified atom stereocenters. The van der Waals surface area contributed by atoms with Gasteiger partial charge in [-0.2, -0.15) is 0 Å². The van der Waals surface area contributed by atoms with Crippen molar-refractivity contribution < 1.29 is 19.1 Å². The summed E-state index contributed by atoms with van der Waals surface area (Å²) in [6.45, 7) is 6.28. The largest absolute Gasteiger partial charge is 0.464 e. The molecule has 0 N–H and O–H groups in total. The van der Waals surface area contributed by atoms with Crippen molar-refractivity contribution in [2.75, 3.05) is 18.1 Å². The fourth-order valence-corrected chi connectivity index (χ4v) is 3.44. The summed E-state index contributed by atoms with van der Waals surface area (Å²) in [7, 11) is 0. The van der Waals surface area contributed by atoms with E-state index in [1.165, 1.54) is 0 Å². The Morgan fingerprint density at radius 3 is 2.54 bits per heavy atom. The maximum atomic E-state index is 13.1. The Balaban J connectivity index is 2.17. The van der Waals surface area contributed by atoms with Crippen LogP contribution >= 0.6 is 0 Å². The van der Waals surface area contributed by atoms with Gasteiger partial charge >= 0.3 is 11.9 Å². The van der Waals surface area contributed by atoms with Crippen molar-refractivity contribution in [1.82, 2.24) is 0 Å². The quantitative estimate of drug-likeness (QED) is 0.469. The second-order valence-corrected chi connectivity index (χ2v) is 6.35. The molecular weight excluding hydrogens is 330 g/mol. The lowest BCUT2D eigenvalue weighted by Crippen LogP contribution is -2.66. The highest BCUT2D eigenvalue weighted by Gasteiger charge is 2.56. The van der Waals surface area contributed by atoms with Crippen LogP contribution in [0.5, 0.6) is 5.75 Å². The summed E-state index contributed by atoms with van der Waals surface area (Å²) in [5, 5.41) is 0. The smallest absolute Gasteiger partial charge is 0.349 e. The summed E-state index contributed by atoms with van der Waals surface area (Å²) in [5.74, 6) is -0.712. The minimum Gasteiger partial charge on any atom is -0.464 e. The monoisotopic (exact) mass is 353 g/mol. The van der Waals surface area contributed by atoms with Gasteiger partial charge in [0.05, 0.1) is 12.3 Å². The van der Waals surface area contributed by atoms with Crippen molar-refractivity contribution >= 4 is 17.6 Å². The number of likely N-dealkylation sites (N-methyl/N-ethyl adjacent to an activating group) is 1. The Morgan fingerprint density at radius 1 is 1.15 bits per heavy atom. The first-order valence-electron chi connectivity index (χ1n) is 8.84. The molecule has 1 aliphatic heterocycles. The van der Waals surface area contributed by atoms with E-state index in [1.54, 1.807) is 13.0 Å². The molecule has 2 aromatic carbocycles. The molecule has 0 saturated carbocycles. The second-order valence-electron chi connectivity index (χ2n) is 6.35. The van der Waals surface area contributed by atoms with E-state index in [-0.39, 0.29) is 13.0 Å². The van der Waals surface area contributed by atoms with Crippen molar-refractivity contribution in [3.63, 3.8) is 0 Å². The topological polar surface area (TPSA) is 55.8 Å². The minimum absolute atomic E-state index is 0.187. The summed E-state index contributed by atoms with van der Waals surface area (Å²) in [6, 6.07) is 15.0. The lowest BCUT2D eigenvalue weighted by atomic mass is 9.86. The molecule has 0 spiro atoms. The number of carbonyl (C=O) groups is 2. The number of hydrogen-bond donors (Lipinski definition) is 0. The van der Waals surface area contributed by atoms with E-state index in [2.05, 4.69) is 0 Å². The zero-order chi connectivity index (χ0) is 18.7. The molecule has 0 saturated heterocycles. The highest BCUT2D eigenvalue weighted by Crippen LogP contribution is 2.41. The van der Waals surface area contributed by atoms with Gasteiger partial charge in [-0.15, -0.1) is 0 Å². The number of hydrogen-bond acceptors (Lipinski definition) is 5. The second kappa shape index (κ2) is 7.20. The molecule has 0 amide bonds. The van der Waals surface area contributed by atoms with E-state index < -0.39 is 17.5 Å². The van der Waals surface area contributed by atoms with Gasteiger partial charge in [-0.1, -0.05) is 36.4 Å². The average Bonchev–Trinajstić information content (AvgIpc) is 2.63. The molecule has 5 nitrogen and oxygen atoms in total. The molecule has 1 atom stereocenters. The molecule has 2 aromatic rings. The van der Waals surface area contributed by atoms with E-state index in [9.17, 15) is 9.59 Å². The molecular formula is C21H23NO4. The molecule has 0 bridgehead atoms. The van der Waals surface area contributed by atoms with Crippen LogP contribution in [-0.2, 0) is 20.7 Å². The molecule has 3 rings (SSSR count). The Labute approximate surface area is 153 Å². The number of rotatable bonds is 5. The van der Waals surface area contributed by atoms with Crippen LogP contribution in [0.4, 0.5) is 5.69 Å². The Hall–Kier alpha value is -2.82. The van der Waals surface area contributed by atoms with E-state index in [1.807, 2.05) is 61.2 Å². The van der Waals surface area contributed by atoms with Crippen LogP contribution in [0.25, 0.3) is 0 Å². The van der Waals surface area contributed by atoms with Crippen molar-refractivity contribution in [3.8, 4) is 5.75 Å². The van der Waals surface area contributed by atoms with Gasteiger partial charge in [0.15, 0.2) is 5.75 Å². The summed E-state index contributed by atoms with van der Waals surface area (Å²) in [6.07, 6.45) is 0.187. The molecule has 0 fully saturated rings. The van der Waals surface area contributed by atoms with Crippen LogP contribution < -0.4 is 9.64 Å². The zero-order valence-corrected chi connectivity index (χ0v) is 15.3. The Kier molecular flexibility index (Phi) is 4.98. The van der Waals surface area contributed by atoms with E-state index >= 15 is 0 Å². The summed E-state index contributed by atoms with van der Waals surface area (Å²) >= 11 is 0. The van der Waals surface area contributed by atoms with Crippen LogP contribution in [0.1, 0.15) is 25.0 Å². The molecule has 0 radical (unpaired) electrons. The SMILES string of the molecule is CCOC(=O)[C@]1(Cc2ccccc2)C(=O)Oc2ccc(C)cc2N1CC. The Bertz CT molecular complexity index is 818. The predicted octanol–water partition coefficient (Wildman–Crippen LogP) is 3.28. The lowest BCUT2D eigenvalue weighted by Gasteiger charge is -2.44. The maximum absolute atomic E-state index is 13.1. The molecule has 0 aromatic heterocycles. The van der Waals surface area contributed by atoms with Crippen molar-refractivity contribution in [2.45, 2.75) is 32.7 Å². The first-order chi connectivity index (χ1) is 12.5. The first kappa shape index (κ1) is 18.0. The lowest BCUT2D eigenvalue weighted by molar-refractivity contribution is -0.160. The maximum Gasteiger partial charge on any atom is 0.349 e. The van der Waals surface area contributed by atoms with Gasteiger partial charge in [0.2, 0.25) is 5.54 Å². The van der Waals surface area contributed by atoms with Gasteiger partial charge < -0.3 is 14.4 Å². The number of esters is 2. The molecule has 1 heterocycles.